The molecule has 0 saturated heterocycles. The van der Waals surface area contributed by atoms with Crippen LogP contribution in [-0.2, 0) is 0 Å². The van der Waals surface area contributed by atoms with Gasteiger partial charge in [0.05, 0.1) is 26.4 Å². The lowest BCUT2D eigenvalue weighted by Crippen LogP contribution is -2.33. The topological polar surface area (TPSA) is 68.8 Å². The van der Waals surface area contributed by atoms with Crippen LogP contribution in [0.3, 0.4) is 0 Å². The molecule has 1 aliphatic carbocycles. The fourth-order valence-electron chi connectivity index (χ4n) is 3.26. The summed E-state index contributed by atoms with van der Waals surface area (Å²) in [5, 5.41) is 6.02. The lowest BCUT2D eigenvalue weighted by atomic mass is 10.0. The molecular weight excluding hydrogens is 344 g/mol. The van der Waals surface area contributed by atoms with Gasteiger partial charge in [0, 0.05) is 18.2 Å². The Morgan fingerprint density at radius 2 is 1.81 bits per heavy atom. The predicted octanol–water partition coefficient (Wildman–Crippen LogP) is 4.13. The van der Waals surface area contributed by atoms with Crippen LogP contribution in [0.4, 0.5) is 10.5 Å². The van der Waals surface area contributed by atoms with E-state index in [4.69, 9.17) is 14.2 Å². The van der Waals surface area contributed by atoms with E-state index in [-0.39, 0.29) is 12.1 Å². The van der Waals surface area contributed by atoms with Crippen molar-refractivity contribution in [3.05, 3.63) is 48.0 Å². The van der Waals surface area contributed by atoms with Gasteiger partial charge in [-0.05, 0) is 48.6 Å². The summed E-state index contributed by atoms with van der Waals surface area (Å²) in [7, 11) is 1.65. The zero-order valence-electron chi connectivity index (χ0n) is 15.4. The van der Waals surface area contributed by atoms with Crippen molar-refractivity contribution in [1.82, 2.24) is 5.32 Å². The quantitative estimate of drug-likeness (QED) is 0.833. The Hall–Kier alpha value is -2.89. The largest absolute Gasteiger partial charge is 0.497 e. The second kappa shape index (κ2) is 7.78. The fraction of sp³-hybridized carbons (Fsp3) is 0.381. The van der Waals surface area contributed by atoms with Crippen molar-refractivity contribution < 1.29 is 19.0 Å². The number of benzene rings is 2. The van der Waals surface area contributed by atoms with E-state index in [2.05, 4.69) is 10.6 Å². The molecule has 0 spiro atoms. The molecule has 2 amide bonds. The predicted molar refractivity (Wildman–Crippen MR) is 103 cm³/mol. The summed E-state index contributed by atoms with van der Waals surface area (Å²) in [6.07, 6.45) is 3.10. The van der Waals surface area contributed by atoms with Crippen molar-refractivity contribution >= 4 is 11.7 Å². The Labute approximate surface area is 158 Å². The number of hydrogen-bond donors (Lipinski definition) is 2. The van der Waals surface area contributed by atoms with Gasteiger partial charge in [0.1, 0.15) is 5.75 Å². The Kier molecular flexibility index (Phi) is 5.05. The minimum atomic E-state index is -0.225. The second-order valence-electron chi connectivity index (χ2n) is 6.90. The maximum atomic E-state index is 12.6. The molecule has 1 atom stereocenters. The van der Waals surface area contributed by atoms with Gasteiger partial charge in [-0.15, -0.1) is 0 Å². The maximum absolute atomic E-state index is 12.6. The number of hydrogen-bond acceptors (Lipinski definition) is 4. The van der Waals surface area contributed by atoms with Crippen LogP contribution in [0, 0.1) is 5.92 Å². The summed E-state index contributed by atoms with van der Waals surface area (Å²) in [6.45, 7) is 1.26. The Morgan fingerprint density at radius 1 is 1.07 bits per heavy atom. The Bertz CT molecular complexity index is 802. The smallest absolute Gasteiger partial charge is 0.319 e. The average Bonchev–Trinajstić information content (AvgIpc) is 3.53. The molecule has 1 fully saturated rings. The van der Waals surface area contributed by atoms with Crippen LogP contribution in [0.2, 0.25) is 0 Å². The van der Waals surface area contributed by atoms with Gasteiger partial charge >= 0.3 is 6.03 Å². The number of urea groups is 1. The molecule has 6 nitrogen and oxygen atoms in total. The van der Waals surface area contributed by atoms with Gasteiger partial charge in [0.25, 0.3) is 0 Å². The minimum Gasteiger partial charge on any atom is -0.497 e. The summed E-state index contributed by atoms with van der Waals surface area (Å²) in [5.74, 6) is 2.67. The lowest BCUT2D eigenvalue weighted by molar-refractivity contribution is 0.247. The molecule has 0 radical (unpaired) electrons. The number of anilines is 1. The van der Waals surface area contributed by atoms with Gasteiger partial charge in [0.2, 0.25) is 0 Å². The molecule has 142 valence electrons. The zero-order valence-corrected chi connectivity index (χ0v) is 15.4. The van der Waals surface area contributed by atoms with E-state index in [0.717, 1.165) is 30.6 Å². The normalized spacial score (nSPS) is 16.8. The van der Waals surface area contributed by atoms with Gasteiger partial charge in [-0.25, -0.2) is 4.79 Å². The van der Waals surface area contributed by atoms with Crippen molar-refractivity contribution in [3.8, 4) is 17.2 Å². The SMILES string of the molecule is COc1ccc(C(NC(=O)Nc2ccc3c(c2)OCCCO3)C2CC2)cc1. The van der Waals surface area contributed by atoms with E-state index in [9.17, 15) is 4.79 Å². The van der Waals surface area contributed by atoms with Crippen molar-refractivity contribution in [3.63, 3.8) is 0 Å². The Morgan fingerprint density at radius 3 is 2.52 bits per heavy atom. The zero-order chi connectivity index (χ0) is 18.6. The first kappa shape index (κ1) is 17.5. The van der Waals surface area contributed by atoms with Gasteiger partial charge in [-0.1, -0.05) is 12.1 Å². The van der Waals surface area contributed by atoms with Crippen molar-refractivity contribution in [1.29, 1.82) is 0 Å². The minimum absolute atomic E-state index is 0.00341. The first-order valence-corrected chi connectivity index (χ1v) is 9.34. The lowest BCUT2D eigenvalue weighted by Gasteiger charge is -2.20. The number of methoxy groups -OCH3 is 1. The van der Waals surface area contributed by atoms with E-state index >= 15 is 0 Å². The number of carbonyl (C=O) groups is 1. The average molecular weight is 368 g/mol. The molecule has 4 rings (SSSR count). The van der Waals surface area contributed by atoms with Crippen LogP contribution in [-0.4, -0.2) is 26.4 Å². The summed E-state index contributed by atoms with van der Waals surface area (Å²) in [6, 6.07) is 13.1. The molecule has 1 unspecified atom stereocenters. The third kappa shape index (κ3) is 4.27. The van der Waals surface area contributed by atoms with Gasteiger partial charge < -0.3 is 24.8 Å². The summed E-state index contributed by atoms with van der Waals surface area (Å²) >= 11 is 0. The van der Waals surface area contributed by atoms with Crippen LogP contribution in [0.1, 0.15) is 30.9 Å². The van der Waals surface area contributed by atoms with Gasteiger partial charge in [-0.2, -0.15) is 0 Å². The molecule has 2 N–H and O–H groups in total. The summed E-state index contributed by atoms with van der Waals surface area (Å²) < 4.78 is 16.5. The molecular formula is C21H24N2O4. The molecule has 0 bridgehead atoms. The highest BCUT2D eigenvalue weighted by molar-refractivity contribution is 5.90. The molecule has 1 heterocycles. The van der Waals surface area contributed by atoms with E-state index in [1.165, 1.54) is 0 Å². The Balaban J connectivity index is 1.43. The molecule has 1 aliphatic heterocycles. The highest BCUT2D eigenvalue weighted by atomic mass is 16.5. The molecule has 2 aromatic rings. The first-order chi connectivity index (χ1) is 13.2. The monoisotopic (exact) mass is 368 g/mol. The number of ether oxygens (including phenoxy) is 3. The number of rotatable bonds is 5. The number of amides is 2. The first-order valence-electron chi connectivity index (χ1n) is 9.34. The van der Waals surface area contributed by atoms with E-state index in [1.807, 2.05) is 36.4 Å². The van der Waals surface area contributed by atoms with Crippen molar-refractivity contribution in [2.45, 2.75) is 25.3 Å². The number of nitrogens with one attached hydrogen (secondary N) is 2. The van der Waals surface area contributed by atoms with Crippen LogP contribution in [0.15, 0.2) is 42.5 Å². The van der Waals surface area contributed by atoms with Crippen molar-refractivity contribution in [2.75, 3.05) is 25.6 Å². The fourth-order valence-corrected chi connectivity index (χ4v) is 3.26. The third-order valence-electron chi connectivity index (χ3n) is 4.86. The third-order valence-corrected chi connectivity index (χ3v) is 4.86. The molecule has 27 heavy (non-hydrogen) atoms. The van der Waals surface area contributed by atoms with Crippen LogP contribution >= 0.6 is 0 Å². The van der Waals surface area contributed by atoms with E-state index in [0.29, 0.717) is 36.3 Å². The molecule has 0 aromatic heterocycles. The second-order valence-corrected chi connectivity index (χ2v) is 6.90. The maximum Gasteiger partial charge on any atom is 0.319 e. The van der Waals surface area contributed by atoms with Crippen LogP contribution in [0.25, 0.3) is 0 Å². The number of fused-ring (bicyclic) bond motifs is 1. The van der Waals surface area contributed by atoms with Crippen LogP contribution < -0.4 is 24.8 Å². The van der Waals surface area contributed by atoms with E-state index in [1.54, 1.807) is 13.2 Å². The molecule has 2 aromatic carbocycles. The standard InChI is InChI=1S/C21H24N2O4/c1-25-17-8-5-15(6-9-17)20(14-3-4-14)23-21(24)22-16-7-10-18-19(13-16)27-12-2-11-26-18/h5-10,13-14,20H,2-4,11-12H2,1H3,(H2,22,23,24). The molecule has 1 saturated carbocycles. The van der Waals surface area contributed by atoms with E-state index < -0.39 is 0 Å². The highest BCUT2D eigenvalue weighted by Crippen LogP contribution is 2.41. The molecule has 2 aliphatic rings. The molecule has 6 heteroatoms. The van der Waals surface area contributed by atoms with Gasteiger partial charge in [0.15, 0.2) is 11.5 Å². The highest BCUT2D eigenvalue weighted by Gasteiger charge is 2.33. The summed E-state index contributed by atoms with van der Waals surface area (Å²) in [4.78, 5) is 12.6. The van der Waals surface area contributed by atoms with Crippen molar-refractivity contribution in [2.24, 2.45) is 5.92 Å². The van der Waals surface area contributed by atoms with Gasteiger partial charge in [-0.3, -0.25) is 0 Å². The summed E-state index contributed by atoms with van der Waals surface area (Å²) in [5.41, 5.74) is 1.77. The number of carbonyl (C=O) groups excluding carboxylic acids is 1. The van der Waals surface area contributed by atoms with Crippen LogP contribution in [0.5, 0.6) is 17.2 Å².